The van der Waals surface area contributed by atoms with E-state index in [-0.39, 0.29) is 0 Å². The van der Waals surface area contributed by atoms with E-state index >= 15 is 0 Å². The summed E-state index contributed by atoms with van der Waals surface area (Å²) >= 11 is 6.94. The molecule has 3 nitrogen and oxygen atoms in total. The van der Waals surface area contributed by atoms with Crippen LogP contribution in [0.1, 0.15) is 18.1 Å². The molecule has 1 N–H and O–H groups in total. The fourth-order valence-corrected chi connectivity index (χ4v) is 2.05. The molecule has 0 atom stereocenters. The summed E-state index contributed by atoms with van der Waals surface area (Å²) in [4.78, 5) is 0. The number of rotatable bonds is 4. The number of nitrogens with zero attached hydrogens (tertiary/aromatic N) is 2. The minimum atomic E-state index is 0.440. The van der Waals surface area contributed by atoms with E-state index in [4.69, 9.17) is 11.6 Å². The Morgan fingerprint density at radius 3 is 2.44 bits per heavy atom. The lowest BCUT2D eigenvalue weighted by atomic mass is 10.1. The number of nitrogens with one attached hydrogen (secondary N) is 1. The van der Waals surface area contributed by atoms with Crippen LogP contribution in [-0.2, 0) is 13.0 Å². The molecule has 16 heavy (non-hydrogen) atoms. The molecule has 0 spiro atoms. The van der Waals surface area contributed by atoms with Crippen molar-refractivity contribution in [2.45, 2.75) is 19.9 Å². The Kier molecular flexibility index (Phi) is 3.74. The lowest BCUT2D eigenvalue weighted by Crippen LogP contribution is -2.00. The van der Waals surface area contributed by atoms with Crippen molar-refractivity contribution in [1.29, 1.82) is 0 Å². The molecule has 1 aromatic heterocycles. The molecule has 2 rings (SSSR count). The molecule has 0 fully saturated rings. The maximum absolute atomic E-state index is 5.83. The summed E-state index contributed by atoms with van der Waals surface area (Å²) in [6.07, 6.45) is 1.07. The average Bonchev–Trinajstić information content (AvgIpc) is 2.73. The molecule has 0 bridgehead atoms. The maximum Gasteiger partial charge on any atom is 0.186 e. The normalized spacial score (nSPS) is 10.4. The molecule has 0 aliphatic heterocycles. The summed E-state index contributed by atoms with van der Waals surface area (Å²) in [5.74, 6) is 0.659. The van der Waals surface area contributed by atoms with Gasteiger partial charge in [-0.3, -0.25) is 0 Å². The molecule has 0 aliphatic rings. The van der Waals surface area contributed by atoms with E-state index in [0.717, 1.165) is 24.7 Å². The van der Waals surface area contributed by atoms with E-state index in [0.29, 0.717) is 11.0 Å². The number of benzene rings is 1. The van der Waals surface area contributed by atoms with Crippen LogP contribution in [0.4, 0.5) is 5.82 Å². The third-order valence-corrected chi connectivity index (χ3v) is 3.23. The van der Waals surface area contributed by atoms with Crippen LogP contribution in [0.25, 0.3) is 0 Å². The SMILES string of the molecule is CCc1ccc(CNc2nsnc2Cl)cc1. The van der Waals surface area contributed by atoms with Gasteiger partial charge in [-0.1, -0.05) is 42.8 Å². The second-order valence-corrected chi connectivity index (χ2v) is 4.31. The molecule has 0 radical (unpaired) electrons. The van der Waals surface area contributed by atoms with Gasteiger partial charge in [0.15, 0.2) is 11.0 Å². The van der Waals surface area contributed by atoms with Crippen molar-refractivity contribution >= 4 is 29.1 Å². The molecule has 84 valence electrons. The first-order valence-electron chi connectivity index (χ1n) is 5.09. The Balaban J connectivity index is 1.97. The average molecular weight is 254 g/mol. The van der Waals surface area contributed by atoms with E-state index in [9.17, 15) is 0 Å². The summed E-state index contributed by atoms with van der Waals surface area (Å²) in [5.41, 5.74) is 2.55. The summed E-state index contributed by atoms with van der Waals surface area (Å²) in [7, 11) is 0. The molecule has 5 heteroatoms. The first-order valence-corrected chi connectivity index (χ1v) is 6.20. The van der Waals surface area contributed by atoms with Crippen LogP contribution in [-0.4, -0.2) is 8.75 Å². The van der Waals surface area contributed by atoms with Gasteiger partial charge in [-0.15, -0.1) is 0 Å². The van der Waals surface area contributed by atoms with E-state index < -0.39 is 0 Å². The summed E-state index contributed by atoms with van der Waals surface area (Å²) < 4.78 is 7.94. The van der Waals surface area contributed by atoms with Crippen LogP contribution >= 0.6 is 23.3 Å². The van der Waals surface area contributed by atoms with Gasteiger partial charge in [-0.25, -0.2) is 0 Å². The predicted octanol–water partition coefficient (Wildman–Crippen LogP) is 3.37. The highest BCUT2D eigenvalue weighted by molar-refractivity contribution is 6.99. The van der Waals surface area contributed by atoms with Crippen molar-refractivity contribution in [1.82, 2.24) is 8.75 Å². The van der Waals surface area contributed by atoms with Crippen LogP contribution in [0.2, 0.25) is 5.15 Å². The van der Waals surface area contributed by atoms with Crippen molar-refractivity contribution in [3.63, 3.8) is 0 Å². The van der Waals surface area contributed by atoms with Gasteiger partial charge in [0, 0.05) is 6.54 Å². The van der Waals surface area contributed by atoms with Gasteiger partial charge in [0.25, 0.3) is 0 Å². The number of anilines is 1. The number of halogens is 1. The van der Waals surface area contributed by atoms with Crippen molar-refractivity contribution < 1.29 is 0 Å². The van der Waals surface area contributed by atoms with E-state index in [1.807, 2.05) is 0 Å². The second kappa shape index (κ2) is 5.27. The molecule has 0 unspecified atom stereocenters. The van der Waals surface area contributed by atoms with Crippen molar-refractivity contribution in [2.75, 3.05) is 5.32 Å². The minimum absolute atomic E-state index is 0.440. The molecule has 0 saturated carbocycles. The summed E-state index contributed by atoms with van der Waals surface area (Å²) in [6.45, 7) is 2.86. The molecule has 0 saturated heterocycles. The largest absolute Gasteiger partial charge is 0.363 e. The monoisotopic (exact) mass is 253 g/mol. The van der Waals surface area contributed by atoms with Crippen molar-refractivity contribution in [3.05, 3.63) is 40.5 Å². The molecule has 0 aliphatic carbocycles. The maximum atomic E-state index is 5.83. The third-order valence-electron chi connectivity index (χ3n) is 2.34. The first kappa shape index (κ1) is 11.4. The molecule has 1 aromatic carbocycles. The van der Waals surface area contributed by atoms with E-state index in [1.165, 1.54) is 11.1 Å². The van der Waals surface area contributed by atoms with Gasteiger partial charge >= 0.3 is 0 Å². The number of hydrogen-bond acceptors (Lipinski definition) is 4. The van der Waals surface area contributed by atoms with Gasteiger partial charge in [0.2, 0.25) is 0 Å². The van der Waals surface area contributed by atoms with Crippen LogP contribution in [0.5, 0.6) is 0 Å². The van der Waals surface area contributed by atoms with Gasteiger partial charge in [0.1, 0.15) is 0 Å². The summed E-state index contributed by atoms with van der Waals surface area (Å²) in [5, 5.41) is 3.59. The molecule has 1 heterocycles. The highest BCUT2D eigenvalue weighted by Gasteiger charge is 2.03. The predicted molar refractivity (Wildman–Crippen MR) is 68.1 cm³/mol. The van der Waals surface area contributed by atoms with Crippen molar-refractivity contribution in [3.8, 4) is 0 Å². The van der Waals surface area contributed by atoms with Crippen molar-refractivity contribution in [2.24, 2.45) is 0 Å². The zero-order valence-electron chi connectivity index (χ0n) is 8.90. The van der Waals surface area contributed by atoms with Crippen LogP contribution in [0.15, 0.2) is 24.3 Å². The third kappa shape index (κ3) is 2.71. The fraction of sp³-hybridized carbons (Fsp3) is 0.273. The lowest BCUT2D eigenvalue weighted by Gasteiger charge is -2.04. The molecular weight excluding hydrogens is 242 g/mol. The Bertz CT molecular complexity index is 453. The second-order valence-electron chi connectivity index (χ2n) is 3.43. The highest BCUT2D eigenvalue weighted by Crippen LogP contribution is 2.18. The van der Waals surface area contributed by atoms with E-state index in [1.54, 1.807) is 0 Å². The first-order chi connectivity index (χ1) is 7.79. The fourth-order valence-electron chi connectivity index (χ4n) is 1.36. The number of aryl methyl sites for hydroxylation is 1. The Labute approximate surface area is 104 Å². The lowest BCUT2D eigenvalue weighted by molar-refractivity contribution is 1.10. The molecular formula is C11H12ClN3S. The van der Waals surface area contributed by atoms with Gasteiger partial charge in [-0.2, -0.15) is 8.75 Å². The van der Waals surface area contributed by atoms with Gasteiger partial charge < -0.3 is 5.32 Å². The number of hydrogen-bond donors (Lipinski definition) is 1. The Hall–Kier alpha value is -1.13. The number of aromatic nitrogens is 2. The Morgan fingerprint density at radius 2 is 1.88 bits per heavy atom. The standard InChI is InChI=1S/C11H12ClN3S/c1-2-8-3-5-9(6-4-8)7-13-11-10(12)14-16-15-11/h3-6H,2,7H2,1H3,(H,13,15). The van der Waals surface area contributed by atoms with Crippen LogP contribution < -0.4 is 5.32 Å². The topological polar surface area (TPSA) is 37.8 Å². The molecule has 2 aromatic rings. The molecule has 0 amide bonds. The zero-order chi connectivity index (χ0) is 11.4. The van der Waals surface area contributed by atoms with Crippen LogP contribution in [0, 0.1) is 0 Å². The van der Waals surface area contributed by atoms with Gasteiger partial charge in [0.05, 0.1) is 11.7 Å². The smallest absolute Gasteiger partial charge is 0.186 e. The minimum Gasteiger partial charge on any atom is -0.363 e. The Morgan fingerprint density at radius 1 is 1.19 bits per heavy atom. The van der Waals surface area contributed by atoms with Gasteiger partial charge in [-0.05, 0) is 17.5 Å². The van der Waals surface area contributed by atoms with E-state index in [2.05, 4.69) is 45.3 Å². The summed E-state index contributed by atoms with van der Waals surface area (Å²) in [6, 6.07) is 8.49. The quantitative estimate of drug-likeness (QED) is 0.908. The van der Waals surface area contributed by atoms with Crippen LogP contribution in [0.3, 0.4) is 0 Å². The highest BCUT2D eigenvalue weighted by atomic mass is 35.5. The zero-order valence-corrected chi connectivity index (χ0v) is 10.5.